The first kappa shape index (κ1) is 13.6. The van der Waals surface area contributed by atoms with Crippen LogP contribution in [0, 0.1) is 23.7 Å². The summed E-state index contributed by atoms with van der Waals surface area (Å²) >= 11 is 5.89. The highest BCUT2D eigenvalue weighted by Crippen LogP contribution is 2.53. The number of hydrogen-bond acceptors (Lipinski definition) is 1. The van der Waals surface area contributed by atoms with E-state index in [1.54, 1.807) is 0 Å². The highest BCUT2D eigenvalue weighted by atomic mass is 35.5. The molecule has 4 fully saturated rings. The van der Waals surface area contributed by atoms with Gasteiger partial charge in [-0.25, -0.2) is 0 Å². The van der Waals surface area contributed by atoms with E-state index in [0.717, 1.165) is 34.3 Å². The zero-order valence-corrected chi connectivity index (χ0v) is 13.0. The van der Waals surface area contributed by atoms with Crippen molar-refractivity contribution >= 4 is 17.5 Å². The Morgan fingerprint density at radius 3 is 2.14 bits per heavy atom. The van der Waals surface area contributed by atoms with Gasteiger partial charge in [-0.2, -0.15) is 0 Å². The maximum absolute atomic E-state index is 12.3. The summed E-state index contributed by atoms with van der Waals surface area (Å²) in [5.41, 5.74) is 1.04. The second-order valence-corrected chi connectivity index (χ2v) is 7.76. The molecule has 0 aromatic heterocycles. The molecule has 5 rings (SSSR count). The molecule has 112 valence electrons. The van der Waals surface area contributed by atoms with Crippen molar-refractivity contribution in [2.24, 2.45) is 23.7 Å². The van der Waals surface area contributed by atoms with Crippen LogP contribution < -0.4 is 5.32 Å². The van der Waals surface area contributed by atoms with Gasteiger partial charge in [-0.05, 0) is 73.5 Å². The van der Waals surface area contributed by atoms with Crippen LogP contribution in [0.5, 0.6) is 0 Å². The first-order valence-corrected chi connectivity index (χ1v) is 8.59. The van der Waals surface area contributed by atoms with E-state index in [1.807, 2.05) is 24.3 Å². The average molecular weight is 304 g/mol. The highest BCUT2D eigenvalue weighted by Gasteiger charge is 2.48. The third-order valence-corrected chi connectivity index (χ3v) is 6.08. The van der Waals surface area contributed by atoms with Gasteiger partial charge in [0.2, 0.25) is 5.91 Å². The number of benzene rings is 1. The van der Waals surface area contributed by atoms with Crippen LogP contribution in [0.25, 0.3) is 0 Å². The highest BCUT2D eigenvalue weighted by molar-refractivity contribution is 6.30. The van der Waals surface area contributed by atoms with Gasteiger partial charge in [0.1, 0.15) is 0 Å². The Hall–Kier alpha value is -1.02. The molecule has 0 aliphatic heterocycles. The van der Waals surface area contributed by atoms with E-state index in [4.69, 9.17) is 11.6 Å². The van der Waals surface area contributed by atoms with E-state index in [1.165, 1.54) is 32.1 Å². The summed E-state index contributed by atoms with van der Waals surface area (Å²) in [7, 11) is 0. The number of rotatable bonds is 3. The summed E-state index contributed by atoms with van der Waals surface area (Å²) < 4.78 is 0. The molecule has 0 atom stereocenters. The summed E-state index contributed by atoms with van der Waals surface area (Å²) in [6, 6.07) is 8.04. The van der Waals surface area contributed by atoms with Gasteiger partial charge in [-0.15, -0.1) is 0 Å². The van der Waals surface area contributed by atoms with E-state index in [2.05, 4.69) is 5.32 Å². The van der Waals surface area contributed by atoms with E-state index in [0.29, 0.717) is 12.5 Å². The van der Waals surface area contributed by atoms with Gasteiger partial charge >= 0.3 is 0 Å². The topological polar surface area (TPSA) is 29.1 Å². The molecule has 4 aliphatic carbocycles. The van der Waals surface area contributed by atoms with Crippen molar-refractivity contribution in [2.75, 3.05) is 0 Å². The van der Waals surface area contributed by atoms with Crippen molar-refractivity contribution in [3.63, 3.8) is 0 Å². The van der Waals surface area contributed by atoms with Crippen molar-refractivity contribution < 1.29 is 4.79 Å². The third kappa shape index (κ3) is 2.70. The Labute approximate surface area is 131 Å². The van der Waals surface area contributed by atoms with E-state index in [-0.39, 0.29) is 5.91 Å². The predicted molar refractivity (Wildman–Crippen MR) is 84.1 cm³/mol. The molecule has 0 radical (unpaired) electrons. The normalized spacial score (nSPS) is 36.7. The fraction of sp³-hybridized carbons (Fsp3) is 0.611. The summed E-state index contributed by atoms with van der Waals surface area (Å²) in [6.45, 7) is 0. The number of nitrogens with one attached hydrogen (secondary N) is 1. The lowest BCUT2D eigenvalue weighted by Crippen LogP contribution is -2.56. The number of amides is 1. The SMILES string of the molecule is O=C(Cc1ccc(Cl)cc1)NC1C2CC3CC(C2)CC1C3. The molecule has 4 saturated carbocycles. The number of carbonyl (C=O) groups is 1. The van der Waals surface area contributed by atoms with E-state index < -0.39 is 0 Å². The molecule has 1 aromatic carbocycles. The summed E-state index contributed by atoms with van der Waals surface area (Å²) in [4.78, 5) is 12.3. The zero-order chi connectivity index (χ0) is 14.4. The minimum atomic E-state index is 0.176. The number of halogens is 1. The largest absolute Gasteiger partial charge is 0.353 e. The smallest absolute Gasteiger partial charge is 0.224 e. The molecule has 0 spiro atoms. The fourth-order valence-electron chi connectivity index (χ4n) is 5.19. The van der Waals surface area contributed by atoms with Crippen molar-refractivity contribution in [3.8, 4) is 0 Å². The van der Waals surface area contributed by atoms with E-state index >= 15 is 0 Å². The van der Waals surface area contributed by atoms with Crippen LogP contribution in [-0.2, 0) is 11.2 Å². The van der Waals surface area contributed by atoms with Gasteiger partial charge in [0.15, 0.2) is 0 Å². The van der Waals surface area contributed by atoms with Gasteiger partial charge in [0.25, 0.3) is 0 Å². The fourth-order valence-corrected chi connectivity index (χ4v) is 5.31. The molecule has 3 heteroatoms. The molecule has 2 nitrogen and oxygen atoms in total. The summed E-state index contributed by atoms with van der Waals surface area (Å²) in [6.07, 6.45) is 7.31. The van der Waals surface area contributed by atoms with Crippen molar-refractivity contribution in [3.05, 3.63) is 34.9 Å². The molecule has 21 heavy (non-hydrogen) atoms. The summed E-state index contributed by atoms with van der Waals surface area (Å²) in [5, 5.41) is 4.08. The molecule has 1 N–H and O–H groups in total. The van der Waals surface area contributed by atoms with Crippen LogP contribution in [0.15, 0.2) is 24.3 Å². The average Bonchev–Trinajstić information content (AvgIpc) is 2.45. The number of hydrogen-bond donors (Lipinski definition) is 1. The second-order valence-electron chi connectivity index (χ2n) is 7.33. The van der Waals surface area contributed by atoms with Crippen LogP contribution >= 0.6 is 11.6 Å². The molecular weight excluding hydrogens is 282 g/mol. The Bertz CT molecular complexity index is 511. The standard InChI is InChI=1S/C18H22ClNO/c19-16-3-1-11(2-4-16)10-17(21)20-18-14-6-12-5-13(8-14)9-15(18)7-12/h1-4,12-15,18H,5-10H2,(H,20,21). The second kappa shape index (κ2) is 5.31. The minimum Gasteiger partial charge on any atom is -0.353 e. The van der Waals surface area contributed by atoms with Crippen LogP contribution in [0.4, 0.5) is 0 Å². The lowest BCUT2D eigenvalue weighted by atomic mass is 9.54. The molecular formula is C18H22ClNO. The summed E-state index contributed by atoms with van der Waals surface area (Å²) in [5.74, 6) is 3.58. The van der Waals surface area contributed by atoms with Crippen molar-refractivity contribution in [1.82, 2.24) is 5.32 Å². The molecule has 1 amide bonds. The van der Waals surface area contributed by atoms with Gasteiger partial charge in [-0.1, -0.05) is 23.7 Å². The van der Waals surface area contributed by atoms with Crippen LogP contribution in [0.2, 0.25) is 5.02 Å². The van der Waals surface area contributed by atoms with E-state index in [9.17, 15) is 4.79 Å². The molecule has 0 heterocycles. The monoisotopic (exact) mass is 303 g/mol. The Balaban J connectivity index is 1.39. The zero-order valence-electron chi connectivity index (χ0n) is 12.2. The van der Waals surface area contributed by atoms with Gasteiger partial charge in [0, 0.05) is 11.1 Å². The first-order chi connectivity index (χ1) is 10.2. The molecule has 0 saturated heterocycles. The minimum absolute atomic E-state index is 0.176. The van der Waals surface area contributed by atoms with Crippen molar-refractivity contribution in [2.45, 2.75) is 44.6 Å². The molecule has 4 bridgehead atoms. The van der Waals surface area contributed by atoms with Crippen LogP contribution in [0.3, 0.4) is 0 Å². The van der Waals surface area contributed by atoms with Crippen LogP contribution in [0.1, 0.15) is 37.7 Å². The Morgan fingerprint density at radius 1 is 1.00 bits per heavy atom. The maximum Gasteiger partial charge on any atom is 0.224 e. The van der Waals surface area contributed by atoms with Crippen LogP contribution in [-0.4, -0.2) is 11.9 Å². The maximum atomic E-state index is 12.3. The van der Waals surface area contributed by atoms with Crippen molar-refractivity contribution in [1.29, 1.82) is 0 Å². The Kier molecular flexibility index (Phi) is 3.45. The lowest BCUT2D eigenvalue weighted by molar-refractivity contribution is -0.124. The molecule has 4 aliphatic rings. The predicted octanol–water partition coefficient (Wildman–Crippen LogP) is 3.82. The Morgan fingerprint density at radius 2 is 1.57 bits per heavy atom. The first-order valence-electron chi connectivity index (χ1n) is 8.21. The van der Waals surface area contributed by atoms with Gasteiger partial charge in [-0.3, -0.25) is 4.79 Å². The lowest BCUT2D eigenvalue weighted by Gasteiger charge is -2.54. The van der Waals surface area contributed by atoms with Gasteiger partial charge < -0.3 is 5.32 Å². The number of carbonyl (C=O) groups excluding carboxylic acids is 1. The molecule has 0 unspecified atom stereocenters. The quantitative estimate of drug-likeness (QED) is 0.903. The third-order valence-electron chi connectivity index (χ3n) is 5.83. The molecule has 1 aromatic rings. The van der Waals surface area contributed by atoms with Gasteiger partial charge in [0.05, 0.1) is 6.42 Å².